The van der Waals surface area contributed by atoms with E-state index >= 15 is 0 Å². The number of carbonyl (C=O) groups is 2. The van der Waals surface area contributed by atoms with E-state index in [4.69, 9.17) is 9.47 Å². The van der Waals surface area contributed by atoms with Crippen molar-refractivity contribution in [3.05, 3.63) is 81.8 Å². The molecule has 8 nitrogen and oxygen atoms in total. The summed E-state index contributed by atoms with van der Waals surface area (Å²) in [5, 5.41) is 6.49. The molecule has 1 unspecified atom stereocenters. The van der Waals surface area contributed by atoms with Crippen molar-refractivity contribution < 1.29 is 32.2 Å². The van der Waals surface area contributed by atoms with Gasteiger partial charge in [-0.15, -0.1) is 0 Å². The molecule has 0 spiro atoms. The van der Waals surface area contributed by atoms with Crippen LogP contribution in [0.5, 0.6) is 5.75 Å². The number of nitrogens with zero attached hydrogens (tertiary/aromatic N) is 2. The molecule has 1 atom stereocenters. The summed E-state index contributed by atoms with van der Waals surface area (Å²) >= 11 is 0. The number of aromatic nitrogens is 2. The third kappa shape index (κ3) is 6.05. The summed E-state index contributed by atoms with van der Waals surface area (Å²) in [4.78, 5) is 37.6. The van der Waals surface area contributed by atoms with Gasteiger partial charge < -0.3 is 14.8 Å². The Morgan fingerprint density at radius 3 is 2.51 bits per heavy atom. The van der Waals surface area contributed by atoms with Crippen molar-refractivity contribution in [2.24, 2.45) is 0 Å². The van der Waals surface area contributed by atoms with E-state index in [9.17, 15) is 27.6 Å². The van der Waals surface area contributed by atoms with Gasteiger partial charge in [-0.25, -0.2) is 9.48 Å². The maximum absolute atomic E-state index is 13.1. The van der Waals surface area contributed by atoms with Gasteiger partial charge >= 0.3 is 12.1 Å². The Morgan fingerprint density at radius 1 is 1.11 bits per heavy atom. The lowest BCUT2D eigenvalue weighted by atomic mass is 10.2. The van der Waals surface area contributed by atoms with Gasteiger partial charge in [0, 0.05) is 11.8 Å². The first-order valence-corrected chi connectivity index (χ1v) is 10.5. The van der Waals surface area contributed by atoms with E-state index in [0.717, 1.165) is 22.9 Å². The number of alkyl halides is 3. The molecule has 1 N–H and O–H groups in total. The minimum absolute atomic E-state index is 0.00954. The number of halogens is 3. The summed E-state index contributed by atoms with van der Waals surface area (Å²) in [6.45, 7) is 4.91. The van der Waals surface area contributed by atoms with Gasteiger partial charge in [0.05, 0.1) is 23.5 Å². The second kappa shape index (κ2) is 10.4. The molecule has 2 aromatic carbocycles. The average Bonchev–Trinajstić information content (AvgIpc) is 2.80. The number of hydrogen-bond acceptors (Lipinski definition) is 6. The van der Waals surface area contributed by atoms with Gasteiger partial charge in [-0.2, -0.15) is 18.3 Å². The average molecular weight is 489 g/mol. The molecule has 0 fully saturated rings. The fourth-order valence-corrected chi connectivity index (χ4v) is 3.12. The molecule has 184 valence electrons. The van der Waals surface area contributed by atoms with Gasteiger partial charge in [0.25, 0.3) is 5.91 Å². The molecule has 1 heterocycles. The van der Waals surface area contributed by atoms with E-state index in [1.54, 1.807) is 31.2 Å². The Hall–Kier alpha value is -4.15. The molecule has 0 saturated carbocycles. The molecule has 0 saturated heterocycles. The topological polar surface area (TPSA) is 99.5 Å². The van der Waals surface area contributed by atoms with Crippen LogP contribution in [0.15, 0.2) is 59.4 Å². The van der Waals surface area contributed by atoms with Crippen molar-refractivity contribution >= 4 is 17.6 Å². The highest BCUT2D eigenvalue weighted by molar-refractivity contribution is 5.97. The number of para-hydroxylation sites is 2. The van der Waals surface area contributed by atoms with E-state index in [0.29, 0.717) is 18.0 Å². The number of hydrogen-bond donors (Lipinski definition) is 1. The molecule has 0 aliphatic heterocycles. The van der Waals surface area contributed by atoms with E-state index < -0.39 is 40.8 Å². The standard InChI is InChI=1S/C24H22F3N3O5/c1-4-34-20-11-6-5-10-18(20)28-22(32)15(3)35-23(33)21-19(31)12-14(2)30(29-21)17-9-7-8-16(13-17)24(25,26)27/h5-13,15H,4H2,1-3H3,(H,28,32). The van der Waals surface area contributed by atoms with Crippen LogP contribution >= 0.6 is 0 Å². The first-order valence-electron chi connectivity index (χ1n) is 10.5. The second-order valence-electron chi connectivity index (χ2n) is 7.42. The number of nitrogens with one attached hydrogen (secondary N) is 1. The molecular weight excluding hydrogens is 467 g/mol. The van der Waals surface area contributed by atoms with Crippen molar-refractivity contribution in [1.29, 1.82) is 0 Å². The molecule has 1 aromatic heterocycles. The van der Waals surface area contributed by atoms with Crippen LogP contribution in [0.25, 0.3) is 5.69 Å². The number of anilines is 1. The van der Waals surface area contributed by atoms with Crippen molar-refractivity contribution in [3.8, 4) is 11.4 Å². The first-order chi connectivity index (χ1) is 16.5. The summed E-state index contributed by atoms with van der Waals surface area (Å²) in [5.41, 5.74) is -1.85. The maximum atomic E-state index is 13.1. The fourth-order valence-electron chi connectivity index (χ4n) is 3.12. The zero-order valence-electron chi connectivity index (χ0n) is 19.1. The summed E-state index contributed by atoms with van der Waals surface area (Å²) in [6, 6.07) is 12.0. The van der Waals surface area contributed by atoms with Crippen molar-refractivity contribution in [1.82, 2.24) is 9.78 Å². The van der Waals surface area contributed by atoms with Gasteiger partial charge in [0.15, 0.2) is 6.10 Å². The second-order valence-corrected chi connectivity index (χ2v) is 7.42. The van der Waals surface area contributed by atoms with E-state index in [1.165, 1.54) is 26.0 Å². The van der Waals surface area contributed by atoms with Crippen molar-refractivity contribution in [2.45, 2.75) is 33.1 Å². The summed E-state index contributed by atoms with van der Waals surface area (Å²) in [7, 11) is 0. The molecule has 11 heteroatoms. The molecule has 0 aliphatic rings. The highest BCUT2D eigenvalue weighted by atomic mass is 19.4. The molecule has 0 radical (unpaired) electrons. The Balaban J connectivity index is 1.82. The normalized spacial score (nSPS) is 12.1. The van der Waals surface area contributed by atoms with Gasteiger partial charge in [-0.3, -0.25) is 9.59 Å². The van der Waals surface area contributed by atoms with Crippen LogP contribution in [-0.2, 0) is 15.7 Å². The maximum Gasteiger partial charge on any atom is 0.416 e. The molecule has 0 bridgehead atoms. The number of benzene rings is 2. The van der Waals surface area contributed by atoms with Gasteiger partial charge in [0.2, 0.25) is 11.1 Å². The Bertz CT molecular complexity index is 1300. The van der Waals surface area contributed by atoms with Crippen LogP contribution in [0.2, 0.25) is 0 Å². The molecule has 35 heavy (non-hydrogen) atoms. The molecule has 1 amide bonds. The van der Waals surface area contributed by atoms with Gasteiger partial charge in [-0.1, -0.05) is 18.2 Å². The predicted octanol–water partition coefficient (Wildman–Crippen LogP) is 4.14. The lowest BCUT2D eigenvalue weighted by Crippen LogP contribution is -2.33. The smallest absolute Gasteiger partial charge is 0.416 e. The fraction of sp³-hybridized carbons (Fsp3) is 0.250. The highest BCUT2D eigenvalue weighted by Crippen LogP contribution is 2.30. The third-order valence-corrected chi connectivity index (χ3v) is 4.82. The largest absolute Gasteiger partial charge is 0.492 e. The quantitative estimate of drug-likeness (QED) is 0.501. The van der Waals surface area contributed by atoms with Crippen LogP contribution < -0.4 is 15.5 Å². The van der Waals surface area contributed by atoms with Crippen LogP contribution in [0.1, 0.15) is 35.6 Å². The van der Waals surface area contributed by atoms with Crippen LogP contribution in [-0.4, -0.2) is 34.4 Å². The molecule has 3 aromatic rings. The van der Waals surface area contributed by atoms with E-state index in [2.05, 4.69) is 10.4 Å². The Morgan fingerprint density at radius 2 is 1.83 bits per heavy atom. The monoisotopic (exact) mass is 489 g/mol. The van der Waals surface area contributed by atoms with E-state index in [1.807, 2.05) is 0 Å². The minimum Gasteiger partial charge on any atom is -0.492 e. The molecular formula is C24H22F3N3O5. The molecule has 0 aliphatic carbocycles. The van der Waals surface area contributed by atoms with Crippen LogP contribution in [0, 0.1) is 6.92 Å². The Labute approximate surface area is 198 Å². The zero-order chi connectivity index (χ0) is 25.8. The molecule has 3 rings (SSSR count). The lowest BCUT2D eigenvalue weighted by molar-refractivity contribution is -0.137. The number of rotatable bonds is 7. The third-order valence-electron chi connectivity index (χ3n) is 4.82. The van der Waals surface area contributed by atoms with Gasteiger partial charge in [-0.05, 0) is 51.1 Å². The lowest BCUT2D eigenvalue weighted by Gasteiger charge is -2.16. The van der Waals surface area contributed by atoms with E-state index in [-0.39, 0.29) is 11.4 Å². The highest BCUT2D eigenvalue weighted by Gasteiger charge is 2.31. The number of carbonyl (C=O) groups excluding carboxylic acids is 2. The van der Waals surface area contributed by atoms with Crippen LogP contribution in [0.4, 0.5) is 18.9 Å². The van der Waals surface area contributed by atoms with Crippen molar-refractivity contribution in [2.75, 3.05) is 11.9 Å². The summed E-state index contributed by atoms with van der Waals surface area (Å²) < 4.78 is 50.9. The predicted molar refractivity (Wildman–Crippen MR) is 121 cm³/mol. The number of ether oxygens (including phenoxy) is 2. The first kappa shape index (κ1) is 25.5. The summed E-state index contributed by atoms with van der Waals surface area (Å²) in [5.74, 6) is -1.46. The van der Waals surface area contributed by atoms with Crippen molar-refractivity contribution in [3.63, 3.8) is 0 Å². The van der Waals surface area contributed by atoms with Gasteiger partial charge in [0.1, 0.15) is 5.75 Å². The number of amides is 1. The SMILES string of the molecule is CCOc1ccccc1NC(=O)C(C)OC(=O)c1nn(-c2cccc(C(F)(F)F)c2)c(C)cc1=O. The zero-order valence-corrected chi connectivity index (χ0v) is 19.1. The number of esters is 1. The Kier molecular flexibility index (Phi) is 7.58. The number of aryl methyl sites for hydroxylation is 1. The van der Waals surface area contributed by atoms with Crippen LogP contribution in [0.3, 0.4) is 0 Å². The summed E-state index contributed by atoms with van der Waals surface area (Å²) in [6.07, 6.45) is -5.91. The minimum atomic E-state index is -4.59.